The third-order valence-corrected chi connectivity index (χ3v) is 5.56. The van der Waals surface area contributed by atoms with Crippen molar-refractivity contribution < 1.29 is 4.42 Å². The van der Waals surface area contributed by atoms with E-state index in [9.17, 15) is 0 Å². The van der Waals surface area contributed by atoms with Gasteiger partial charge >= 0.3 is 0 Å². The van der Waals surface area contributed by atoms with Gasteiger partial charge in [-0.25, -0.2) is 9.98 Å². The summed E-state index contributed by atoms with van der Waals surface area (Å²) in [6.07, 6.45) is 2.33. The van der Waals surface area contributed by atoms with Crippen LogP contribution in [0.2, 0.25) is 0 Å². The smallest absolute Gasteiger partial charge is 0.216 e. The highest BCUT2D eigenvalue weighted by atomic mass is 127. The molecule has 0 bridgehead atoms. The molecule has 2 heterocycles. The summed E-state index contributed by atoms with van der Waals surface area (Å²) in [7, 11) is 0. The summed E-state index contributed by atoms with van der Waals surface area (Å²) >= 11 is 0. The van der Waals surface area contributed by atoms with E-state index in [4.69, 9.17) is 9.41 Å². The van der Waals surface area contributed by atoms with Gasteiger partial charge in [-0.1, -0.05) is 43.7 Å². The van der Waals surface area contributed by atoms with Gasteiger partial charge in [0.05, 0.1) is 5.69 Å². The predicted octanol–water partition coefficient (Wildman–Crippen LogP) is 4.89. The van der Waals surface area contributed by atoms with Gasteiger partial charge in [0, 0.05) is 19.6 Å². The van der Waals surface area contributed by atoms with Crippen molar-refractivity contribution in [3.05, 3.63) is 53.2 Å². The number of benzene rings is 1. The minimum atomic E-state index is 0. The summed E-state index contributed by atoms with van der Waals surface area (Å²) in [5.74, 6) is 3.80. The SMILES string of the molecule is CCNC(=NCc1nc(C)c(C)o1)N1CCC(c2ccccc2)C(CC)C1.I. The number of aromatic nitrogens is 1. The van der Waals surface area contributed by atoms with Gasteiger partial charge in [-0.3, -0.25) is 0 Å². The zero-order valence-corrected chi connectivity index (χ0v) is 19.8. The van der Waals surface area contributed by atoms with Crippen LogP contribution >= 0.6 is 24.0 Å². The first-order valence-corrected chi connectivity index (χ1v) is 10.1. The maximum absolute atomic E-state index is 5.68. The fourth-order valence-electron chi connectivity index (χ4n) is 3.95. The Hall–Kier alpha value is -1.57. The summed E-state index contributed by atoms with van der Waals surface area (Å²) in [4.78, 5) is 11.7. The van der Waals surface area contributed by atoms with Gasteiger partial charge in [0.1, 0.15) is 12.3 Å². The first kappa shape index (κ1) is 22.7. The summed E-state index contributed by atoms with van der Waals surface area (Å²) in [5.41, 5.74) is 2.41. The largest absolute Gasteiger partial charge is 0.444 e. The molecule has 1 aromatic heterocycles. The fraction of sp³-hybridized carbons (Fsp3) is 0.545. The van der Waals surface area contributed by atoms with Crippen molar-refractivity contribution in [3.63, 3.8) is 0 Å². The molecule has 6 heteroatoms. The minimum absolute atomic E-state index is 0. The summed E-state index contributed by atoms with van der Waals surface area (Å²) < 4.78 is 5.68. The van der Waals surface area contributed by atoms with Crippen LogP contribution in [0.15, 0.2) is 39.7 Å². The average molecular weight is 496 g/mol. The second-order valence-corrected chi connectivity index (χ2v) is 7.34. The van der Waals surface area contributed by atoms with Crippen LogP contribution in [0.4, 0.5) is 0 Å². The number of guanidine groups is 1. The van der Waals surface area contributed by atoms with Gasteiger partial charge in [0.15, 0.2) is 5.96 Å². The highest BCUT2D eigenvalue weighted by Gasteiger charge is 2.30. The number of aliphatic imine (C=N–C) groups is 1. The molecule has 1 N–H and O–H groups in total. The molecule has 2 aromatic rings. The topological polar surface area (TPSA) is 53.7 Å². The number of piperidine rings is 1. The molecule has 2 atom stereocenters. The third kappa shape index (κ3) is 5.49. The summed E-state index contributed by atoms with van der Waals surface area (Å²) in [6.45, 7) is 11.7. The number of likely N-dealkylation sites (tertiary alicyclic amines) is 1. The summed E-state index contributed by atoms with van der Waals surface area (Å²) in [6, 6.07) is 11.0. The number of rotatable bonds is 5. The van der Waals surface area contributed by atoms with E-state index < -0.39 is 0 Å². The number of aryl methyl sites for hydroxylation is 2. The van der Waals surface area contributed by atoms with Crippen LogP contribution in [-0.4, -0.2) is 35.5 Å². The van der Waals surface area contributed by atoms with Crippen molar-refractivity contribution in [2.24, 2.45) is 10.9 Å². The van der Waals surface area contributed by atoms with Crippen LogP contribution in [0.3, 0.4) is 0 Å². The molecule has 28 heavy (non-hydrogen) atoms. The fourth-order valence-corrected chi connectivity index (χ4v) is 3.95. The van der Waals surface area contributed by atoms with E-state index >= 15 is 0 Å². The number of nitrogens with one attached hydrogen (secondary N) is 1. The molecule has 1 saturated heterocycles. The minimum Gasteiger partial charge on any atom is -0.444 e. The van der Waals surface area contributed by atoms with Crippen molar-refractivity contribution >= 4 is 29.9 Å². The Morgan fingerprint density at radius 1 is 1.25 bits per heavy atom. The molecule has 1 aliphatic heterocycles. The summed E-state index contributed by atoms with van der Waals surface area (Å²) in [5, 5.41) is 3.45. The van der Waals surface area contributed by atoms with Crippen molar-refractivity contribution in [2.75, 3.05) is 19.6 Å². The van der Waals surface area contributed by atoms with Gasteiger partial charge in [-0.2, -0.15) is 0 Å². The number of halogens is 1. The molecule has 1 aliphatic rings. The van der Waals surface area contributed by atoms with Crippen molar-refractivity contribution in [3.8, 4) is 0 Å². The van der Waals surface area contributed by atoms with Crippen molar-refractivity contribution in [1.82, 2.24) is 15.2 Å². The maximum atomic E-state index is 5.68. The molecule has 1 aromatic carbocycles. The molecule has 0 radical (unpaired) electrons. The van der Waals surface area contributed by atoms with Crippen LogP contribution in [0.25, 0.3) is 0 Å². The van der Waals surface area contributed by atoms with E-state index in [0.717, 1.165) is 43.5 Å². The van der Waals surface area contributed by atoms with E-state index in [-0.39, 0.29) is 24.0 Å². The first-order valence-electron chi connectivity index (χ1n) is 10.1. The van der Waals surface area contributed by atoms with E-state index in [1.807, 2.05) is 13.8 Å². The zero-order valence-electron chi connectivity index (χ0n) is 17.4. The average Bonchev–Trinajstić information content (AvgIpc) is 3.03. The molecule has 2 unspecified atom stereocenters. The molecule has 0 spiro atoms. The van der Waals surface area contributed by atoms with Crippen molar-refractivity contribution in [1.29, 1.82) is 0 Å². The Bertz CT molecular complexity index is 740. The first-order chi connectivity index (χ1) is 13.1. The lowest BCUT2D eigenvalue weighted by molar-refractivity contribution is 0.215. The van der Waals surface area contributed by atoms with Crippen LogP contribution in [0, 0.1) is 19.8 Å². The van der Waals surface area contributed by atoms with Crippen LogP contribution in [-0.2, 0) is 6.54 Å². The van der Waals surface area contributed by atoms with Crippen LogP contribution in [0.1, 0.15) is 55.5 Å². The molecule has 5 nitrogen and oxygen atoms in total. The maximum Gasteiger partial charge on any atom is 0.216 e. The van der Waals surface area contributed by atoms with E-state index in [0.29, 0.717) is 24.3 Å². The molecule has 1 fully saturated rings. The second-order valence-electron chi connectivity index (χ2n) is 7.34. The lowest BCUT2D eigenvalue weighted by Crippen LogP contribution is -2.48. The predicted molar refractivity (Wildman–Crippen MR) is 125 cm³/mol. The normalized spacial score (nSPS) is 20.0. The van der Waals surface area contributed by atoms with E-state index in [1.54, 1.807) is 0 Å². The quantitative estimate of drug-likeness (QED) is 0.364. The number of nitrogens with zero attached hydrogens (tertiary/aromatic N) is 3. The molecule has 0 saturated carbocycles. The second kappa shape index (κ2) is 10.8. The van der Waals surface area contributed by atoms with Gasteiger partial charge in [0.2, 0.25) is 5.89 Å². The Morgan fingerprint density at radius 3 is 2.61 bits per heavy atom. The van der Waals surface area contributed by atoms with E-state index in [2.05, 4.69) is 59.4 Å². The molecule has 0 amide bonds. The van der Waals surface area contributed by atoms with Crippen LogP contribution < -0.4 is 5.32 Å². The monoisotopic (exact) mass is 496 g/mol. The van der Waals surface area contributed by atoms with Gasteiger partial charge < -0.3 is 14.6 Å². The Labute approximate surface area is 186 Å². The highest BCUT2D eigenvalue weighted by Crippen LogP contribution is 2.34. The zero-order chi connectivity index (χ0) is 19.2. The van der Waals surface area contributed by atoms with Crippen LogP contribution in [0.5, 0.6) is 0 Å². The number of hydrogen-bond donors (Lipinski definition) is 1. The molecule has 154 valence electrons. The van der Waals surface area contributed by atoms with Gasteiger partial charge in [0.25, 0.3) is 0 Å². The standard InChI is InChI=1S/C22H32N4O.HI/c1-5-18-15-26(13-12-20(18)19-10-8-7-9-11-19)22(23-6-2)24-14-21-25-16(3)17(4)27-21;/h7-11,18,20H,5-6,12-15H2,1-4H3,(H,23,24);1H. The molecular formula is C22H33IN4O. The Morgan fingerprint density at radius 2 is 2.00 bits per heavy atom. The third-order valence-electron chi connectivity index (χ3n) is 5.56. The number of oxazole rings is 1. The Balaban J connectivity index is 0.00000280. The molecule has 0 aliphatic carbocycles. The van der Waals surface area contributed by atoms with Gasteiger partial charge in [-0.05, 0) is 44.6 Å². The lowest BCUT2D eigenvalue weighted by atomic mass is 9.79. The lowest BCUT2D eigenvalue weighted by Gasteiger charge is -2.40. The van der Waals surface area contributed by atoms with E-state index in [1.165, 1.54) is 12.0 Å². The highest BCUT2D eigenvalue weighted by molar-refractivity contribution is 14.0. The van der Waals surface area contributed by atoms with Gasteiger partial charge in [-0.15, -0.1) is 24.0 Å². The molecular weight excluding hydrogens is 463 g/mol. The molecule has 3 rings (SSSR count). The number of hydrogen-bond acceptors (Lipinski definition) is 3. The van der Waals surface area contributed by atoms with Crippen molar-refractivity contribution in [2.45, 2.75) is 53.0 Å². The Kier molecular flexibility index (Phi) is 8.79.